The van der Waals surface area contributed by atoms with Gasteiger partial charge in [0.25, 0.3) is 0 Å². The lowest BCUT2D eigenvalue weighted by Gasteiger charge is -2.13. The van der Waals surface area contributed by atoms with E-state index in [1.165, 1.54) is 0 Å². The molecule has 0 unspecified atom stereocenters. The number of thiazole rings is 1. The standard InChI is InChI=1S/C13H15ClN2O2S/c1-15-7-9-5-10(14)13(11(6-9)17-2)18-8-12-16-3-4-19-12/h3-6,15H,7-8H2,1-2H3. The van der Waals surface area contributed by atoms with E-state index in [-0.39, 0.29) is 0 Å². The summed E-state index contributed by atoms with van der Waals surface area (Å²) < 4.78 is 11.0. The van der Waals surface area contributed by atoms with Crippen molar-refractivity contribution >= 4 is 22.9 Å². The molecule has 2 rings (SSSR count). The fraction of sp³-hybridized carbons (Fsp3) is 0.308. The van der Waals surface area contributed by atoms with Crippen LogP contribution in [0.2, 0.25) is 5.02 Å². The Kier molecular flexibility index (Phi) is 5.01. The molecule has 19 heavy (non-hydrogen) atoms. The van der Waals surface area contributed by atoms with Crippen LogP contribution in [0.5, 0.6) is 11.5 Å². The topological polar surface area (TPSA) is 43.4 Å². The first-order valence-corrected chi connectivity index (χ1v) is 7.02. The van der Waals surface area contributed by atoms with E-state index in [0.717, 1.165) is 17.1 Å². The Balaban J connectivity index is 2.18. The molecule has 102 valence electrons. The van der Waals surface area contributed by atoms with Gasteiger partial charge in [-0.05, 0) is 24.7 Å². The van der Waals surface area contributed by atoms with Gasteiger partial charge in [-0.15, -0.1) is 11.3 Å². The number of hydrogen-bond donors (Lipinski definition) is 1. The maximum absolute atomic E-state index is 6.24. The summed E-state index contributed by atoms with van der Waals surface area (Å²) in [4.78, 5) is 4.16. The van der Waals surface area contributed by atoms with Gasteiger partial charge in [-0.3, -0.25) is 0 Å². The van der Waals surface area contributed by atoms with Gasteiger partial charge in [0.05, 0.1) is 12.1 Å². The van der Waals surface area contributed by atoms with Gasteiger partial charge in [-0.25, -0.2) is 4.98 Å². The summed E-state index contributed by atoms with van der Waals surface area (Å²) in [5.74, 6) is 1.19. The number of halogens is 1. The van der Waals surface area contributed by atoms with Crippen molar-refractivity contribution in [3.05, 3.63) is 39.3 Å². The highest BCUT2D eigenvalue weighted by atomic mass is 35.5. The SMILES string of the molecule is CNCc1cc(Cl)c(OCc2nccs2)c(OC)c1. The molecule has 0 fully saturated rings. The van der Waals surface area contributed by atoms with Gasteiger partial charge in [0.2, 0.25) is 0 Å². The van der Waals surface area contributed by atoms with Crippen LogP contribution < -0.4 is 14.8 Å². The Hall–Kier alpha value is -1.30. The van der Waals surface area contributed by atoms with Gasteiger partial charge >= 0.3 is 0 Å². The van der Waals surface area contributed by atoms with Crippen LogP contribution in [0.25, 0.3) is 0 Å². The summed E-state index contributed by atoms with van der Waals surface area (Å²) in [5.41, 5.74) is 1.05. The number of aromatic nitrogens is 1. The van der Waals surface area contributed by atoms with E-state index in [1.54, 1.807) is 24.6 Å². The molecule has 0 radical (unpaired) electrons. The van der Waals surface area contributed by atoms with E-state index < -0.39 is 0 Å². The van der Waals surface area contributed by atoms with E-state index >= 15 is 0 Å². The van der Waals surface area contributed by atoms with Gasteiger partial charge in [0.1, 0.15) is 11.6 Å². The Bertz CT molecular complexity index is 532. The molecule has 0 aliphatic carbocycles. The van der Waals surface area contributed by atoms with Crippen LogP contribution in [0.4, 0.5) is 0 Å². The molecule has 1 aromatic carbocycles. The van der Waals surface area contributed by atoms with Crippen LogP contribution in [-0.2, 0) is 13.2 Å². The van der Waals surface area contributed by atoms with Crippen molar-refractivity contribution in [2.75, 3.05) is 14.2 Å². The van der Waals surface area contributed by atoms with Crippen LogP contribution in [0.15, 0.2) is 23.7 Å². The number of rotatable bonds is 6. The minimum atomic E-state index is 0.388. The number of ether oxygens (including phenoxy) is 2. The van der Waals surface area contributed by atoms with Gasteiger partial charge in [0, 0.05) is 18.1 Å². The quantitative estimate of drug-likeness (QED) is 0.890. The molecular formula is C13H15ClN2O2S. The molecule has 0 bridgehead atoms. The summed E-state index contributed by atoms with van der Waals surface area (Å²) in [6.07, 6.45) is 1.75. The molecule has 1 heterocycles. The zero-order valence-electron chi connectivity index (χ0n) is 10.8. The highest BCUT2D eigenvalue weighted by Crippen LogP contribution is 2.37. The van der Waals surface area contributed by atoms with Crippen LogP contribution >= 0.6 is 22.9 Å². The maximum Gasteiger partial charge on any atom is 0.180 e. The average Bonchev–Trinajstić information content (AvgIpc) is 2.90. The van der Waals surface area contributed by atoms with E-state index in [0.29, 0.717) is 23.1 Å². The molecule has 0 amide bonds. The number of nitrogens with zero attached hydrogens (tertiary/aromatic N) is 1. The molecule has 6 heteroatoms. The Morgan fingerprint density at radius 3 is 2.89 bits per heavy atom. The molecule has 0 saturated heterocycles. The fourth-order valence-corrected chi connectivity index (χ4v) is 2.49. The van der Waals surface area contributed by atoms with Crippen LogP contribution in [0.3, 0.4) is 0 Å². The molecule has 2 aromatic rings. The third kappa shape index (κ3) is 3.59. The summed E-state index contributed by atoms with van der Waals surface area (Å²) >= 11 is 7.78. The van der Waals surface area contributed by atoms with Gasteiger partial charge in [-0.2, -0.15) is 0 Å². The normalized spacial score (nSPS) is 10.5. The summed E-state index contributed by atoms with van der Waals surface area (Å²) in [7, 11) is 3.48. The van der Waals surface area contributed by atoms with Gasteiger partial charge in [0.15, 0.2) is 11.5 Å². The first-order chi connectivity index (χ1) is 9.24. The minimum absolute atomic E-state index is 0.388. The molecule has 0 saturated carbocycles. The summed E-state index contributed by atoms with van der Waals surface area (Å²) in [6, 6.07) is 3.79. The third-order valence-electron chi connectivity index (χ3n) is 2.49. The molecule has 0 atom stereocenters. The number of hydrogen-bond acceptors (Lipinski definition) is 5. The lowest BCUT2D eigenvalue weighted by Crippen LogP contribution is -2.06. The number of benzene rings is 1. The molecule has 0 aliphatic rings. The predicted octanol–water partition coefficient (Wildman–Crippen LogP) is 3.10. The zero-order chi connectivity index (χ0) is 13.7. The maximum atomic E-state index is 6.24. The molecule has 0 spiro atoms. The Labute approximate surface area is 121 Å². The second-order valence-electron chi connectivity index (χ2n) is 3.85. The lowest BCUT2D eigenvalue weighted by molar-refractivity contribution is 0.284. The van der Waals surface area contributed by atoms with E-state index in [9.17, 15) is 0 Å². The molecule has 0 aliphatic heterocycles. The van der Waals surface area contributed by atoms with Crippen molar-refractivity contribution in [3.63, 3.8) is 0 Å². The fourth-order valence-electron chi connectivity index (χ4n) is 1.68. The minimum Gasteiger partial charge on any atom is -0.493 e. The second-order valence-corrected chi connectivity index (χ2v) is 5.24. The monoisotopic (exact) mass is 298 g/mol. The van der Waals surface area contributed by atoms with E-state index in [1.807, 2.05) is 24.6 Å². The lowest BCUT2D eigenvalue weighted by atomic mass is 10.2. The molecule has 1 aromatic heterocycles. The summed E-state index contributed by atoms with van der Waals surface area (Å²) in [5, 5.41) is 6.43. The van der Waals surface area contributed by atoms with Crippen molar-refractivity contribution in [2.45, 2.75) is 13.2 Å². The van der Waals surface area contributed by atoms with Crippen LogP contribution in [0, 0.1) is 0 Å². The number of methoxy groups -OCH3 is 1. The smallest absolute Gasteiger partial charge is 0.180 e. The second kappa shape index (κ2) is 6.75. The predicted molar refractivity (Wildman–Crippen MR) is 77.2 cm³/mol. The van der Waals surface area contributed by atoms with Crippen LogP contribution in [0.1, 0.15) is 10.6 Å². The molecule has 1 N–H and O–H groups in total. The molecular weight excluding hydrogens is 284 g/mol. The van der Waals surface area contributed by atoms with E-state index in [2.05, 4.69) is 10.3 Å². The highest BCUT2D eigenvalue weighted by molar-refractivity contribution is 7.09. The third-order valence-corrected chi connectivity index (χ3v) is 3.53. The Morgan fingerprint density at radius 1 is 1.42 bits per heavy atom. The first kappa shape index (κ1) is 14.1. The van der Waals surface area contributed by atoms with Crippen LogP contribution in [-0.4, -0.2) is 19.1 Å². The van der Waals surface area contributed by atoms with Crippen molar-refractivity contribution in [2.24, 2.45) is 0 Å². The number of nitrogens with one attached hydrogen (secondary N) is 1. The largest absolute Gasteiger partial charge is 0.493 e. The van der Waals surface area contributed by atoms with Crippen molar-refractivity contribution in [1.29, 1.82) is 0 Å². The zero-order valence-corrected chi connectivity index (χ0v) is 12.3. The van der Waals surface area contributed by atoms with Gasteiger partial charge in [-0.1, -0.05) is 11.6 Å². The van der Waals surface area contributed by atoms with Crippen molar-refractivity contribution < 1.29 is 9.47 Å². The first-order valence-electron chi connectivity index (χ1n) is 5.76. The van der Waals surface area contributed by atoms with E-state index in [4.69, 9.17) is 21.1 Å². The average molecular weight is 299 g/mol. The Morgan fingerprint density at radius 2 is 2.26 bits per heavy atom. The summed E-state index contributed by atoms with van der Waals surface area (Å²) in [6.45, 7) is 1.11. The highest BCUT2D eigenvalue weighted by Gasteiger charge is 2.12. The van der Waals surface area contributed by atoms with Gasteiger partial charge < -0.3 is 14.8 Å². The van der Waals surface area contributed by atoms with Crippen molar-refractivity contribution in [1.82, 2.24) is 10.3 Å². The van der Waals surface area contributed by atoms with Crippen molar-refractivity contribution in [3.8, 4) is 11.5 Å². The molecule has 4 nitrogen and oxygen atoms in total.